The summed E-state index contributed by atoms with van der Waals surface area (Å²) in [5, 5.41) is 0. The highest BCUT2D eigenvalue weighted by atomic mass is 16.5. The van der Waals surface area contributed by atoms with Gasteiger partial charge in [0.15, 0.2) is 0 Å². The van der Waals surface area contributed by atoms with Crippen molar-refractivity contribution in [2.24, 2.45) is 0 Å². The number of nitrogen functional groups attached to an aromatic ring is 1. The van der Waals surface area contributed by atoms with E-state index in [2.05, 4.69) is 24.0 Å². The number of nitrogens with zero attached hydrogens (tertiary/aromatic N) is 1. The van der Waals surface area contributed by atoms with Crippen LogP contribution in [0.15, 0.2) is 24.3 Å². The quantitative estimate of drug-likeness (QED) is 0.569. The van der Waals surface area contributed by atoms with Gasteiger partial charge in [-0.2, -0.15) is 0 Å². The molecular formula is C13H22N2O. The van der Waals surface area contributed by atoms with Crippen molar-refractivity contribution < 1.29 is 4.74 Å². The fourth-order valence-corrected chi connectivity index (χ4v) is 1.64. The van der Waals surface area contributed by atoms with Crippen LogP contribution < -0.4 is 10.6 Å². The third kappa shape index (κ3) is 4.11. The van der Waals surface area contributed by atoms with Gasteiger partial charge in [-0.05, 0) is 37.6 Å². The van der Waals surface area contributed by atoms with Crippen molar-refractivity contribution >= 4 is 11.4 Å². The largest absolute Gasteiger partial charge is 0.399 e. The van der Waals surface area contributed by atoms with Crippen LogP contribution in [0.25, 0.3) is 0 Å². The number of ether oxygens (including phenoxy) is 1. The molecule has 0 radical (unpaired) electrons. The van der Waals surface area contributed by atoms with Crippen molar-refractivity contribution in [3.63, 3.8) is 0 Å². The van der Waals surface area contributed by atoms with Crippen LogP contribution in [0.4, 0.5) is 11.4 Å². The van der Waals surface area contributed by atoms with E-state index in [1.54, 1.807) is 0 Å². The zero-order chi connectivity index (χ0) is 11.8. The van der Waals surface area contributed by atoms with Gasteiger partial charge in [-0.25, -0.2) is 0 Å². The first-order valence-electron chi connectivity index (χ1n) is 5.96. The van der Waals surface area contributed by atoms with E-state index in [0.717, 1.165) is 38.4 Å². The fraction of sp³-hybridized carbons (Fsp3) is 0.538. The number of nitrogens with two attached hydrogens (primary N) is 1. The molecule has 0 unspecified atom stereocenters. The molecule has 0 aliphatic heterocycles. The van der Waals surface area contributed by atoms with Crippen molar-refractivity contribution in [1.29, 1.82) is 0 Å². The number of rotatable bonds is 7. The first-order chi connectivity index (χ1) is 7.77. The zero-order valence-corrected chi connectivity index (χ0v) is 10.3. The van der Waals surface area contributed by atoms with Gasteiger partial charge in [0.2, 0.25) is 0 Å². The van der Waals surface area contributed by atoms with Crippen LogP contribution >= 0.6 is 0 Å². The van der Waals surface area contributed by atoms with E-state index < -0.39 is 0 Å². The van der Waals surface area contributed by atoms with Gasteiger partial charge in [0.05, 0.1) is 6.61 Å². The van der Waals surface area contributed by atoms with Crippen LogP contribution in [0.2, 0.25) is 0 Å². The lowest BCUT2D eigenvalue weighted by atomic mass is 10.2. The Bertz CT molecular complexity index is 284. The predicted molar refractivity (Wildman–Crippen MR) is 69.9 cm³/mol. The highest BCUT2D eigenvalue weighted by molar-refractivity contribution is 5.53. The monoisotopic (exact) mass is 222 g/mol. The number of hydrogen-bond donors (Lipinski definition) is 1. The molecule has 0 spiro atoms. The van der Waals surface area contributed by atoms with Crippen LogP contribution in [0.1, 0.15) is 20.3 Å². The summed E-state index contributed by atoms with van der Waals surface area (Å²) in [4.78, 5) is 2.33. The van der Waals surface area contributed by atoms with Crippen LogP contribution in [-0.2, 0) is 4.74 Å². The van der Waals surface area contributed by atoms with Gasteiger partial charge in [-0.15, -0.1) is 0 Å². The van der Waals surface area contributed by atoms with E-state index in [9.17, 15) is 0 Å². The molecule has 0 atom stereocenters. The lowest BCUT2D eigenvalue weighted by molar-refractivity contribution is 0.154. The van der Waals surface area contributed by atoms with Gasteiger partial charge < -0.3 is 15.4 Å². The summed E-state index contributed by atoms with van der Waals surface area (Å²) in [6.45, 7) is 7.75. The molecule has 0 saturated heterocycles. The van der Waals surface area contributed by atoms with Crippen LogP contribution in [0.5, 0.6) is 0 Å². The zero-order valence-electron chi connectivity index (χ0n) is 10.3. The number of hydrogen-bond acceptors (Lipinski definition) is 3. The molecule has 0 saturated carbocycles. The Morgan fingerprint density at radius 2 is 1.81 bits per heavy atom. The standard InChI is InChI=1S/C13H22N2O/c1-3-9-15(10-11-16-4-2)13-7-5-12(14)6-8-13/h5-8H,3-4,9-11,14H2,1-2H3. The molecule has 1 aromatic carbocycles. The maximum atomic E-state index is 5.68. The molecular weight excluding hydrogens is 200 g/mol. The first-order valence-corrected chi connectivity index (χ1v) is 5.96. The van der Waals surface area contributed by atoms with Crippen molar-refractivity contribution in [2.45, 2.75) is 20.3 Å². The number of anilines is 2. The highest BCUT2D eigenvalue weighted by Gasteiger charge is 2.04. The average Bonchev–Trinajstić information content (AvgIpc) is 2.29. The molecule has 90 valence electrons. The Balaban J connectivity index is 2.57. The van der Waals surface area contributed by atoms with E-state index in [0.29, 0.717) is 0 Å². The molecule has 1 aromatic rings. The third-order valence-electron chi connectivity index (χ3n) is 2.46. The normalized spacial score (nSPS) is 10.4. The molecule has 3 heteroatoms. The molecule has 0 aliphatic rings. The topological polar surface area (TPSA) is 38.5 Å². The van der Waals surface area contributed by atoms with E-state index in [4.69, 9.17) is 10.5 Å². The molecule has 0 aliphatic carbocycles. The molecule has 0 fully saturated rings. The molecule has 0 heterocycles. The third-order valence-corrected chi connectivity index (χ3v) is 2.46. The van der Waals surface area contributed by atoms with Crippen LogP contribution in [0.3, 0.4) is 0 Å². The summed E-state index contributed by atoms with van der Waals surface area (Å²) < 4.78 is 5.39. The maximum Gasteiger partial charge on any atom is 0.0641 e. The molecule has 0 aromatic heterocycles. The van der Waals surface area contributed by atoms with E-state index in [-0.39, 0.29) is 0 Å². The van der Waals surface area contributed by atoms with Crippen molar-refractivity contribution in [2.75, 3.05) is 36.9 Å². The van der Waals surface area contributed by atoms with Crippen LogP contribution in [-0.4, -0.2) is 26.3 Å². The number of benzene rings is 1. The maximum absolute atomic E-state index is 5.68. The van der Waals surface area contributed by atoms with Crippen LogP contribution in [0, 0.1) is 0 Å². The molecule has 0 amide bonds. The summed E-state index contributed by atoms with van der Waals surface area (Å²) in [5.74, 6) is 0. The predicted octanol–water partition coefficient (Wildman–Crippen LogP) is 2.52. The minimum Gasteiger partial charge on any atom is -0.399 e. The first kappa shape index (κ1) is 12.8. The second kappa shape index (κ2) is 7.12. The van der Waals surface area contributed by atoms with Gasteiger partial charge in [-0.1, -0.05) is 6.92 Å². The Kier molecular flexibility index (Phi) is 5.72. The summed E-state index contributed by atoms with van der Waals surface area (Å²) >= 11 is 0. The smallest absolute Gasteiger partial charge is 0.0641 e. The SMILES string of the molecule is CCCN(CCOCC)c1ccc(N)cc1. The summed E-state index contributed by atoms with van der Waals surface area (Å²) in [7, 11) is 0. The average molecular weight is 222 g/mol. The fourth-order valence-electron chi connectivity index (χ4n) is 1.64. The second-order valence-electron chi connectivity index (χ2n) is 3.78. The Morgan fingerprint density at radius 3 is 2.38 bits per heavy atom. The lowest BCUT2D eigenvalue weighted by Crippen LogP contribution is -2.28. The van der Waals surface area contributed by atoms with Gasteiger partial charge in [0.1, 0.15) is 0 Å². The van der Waals surface area contributed by atoms with Crippen molar-refractivity contribution in [3.05, 3.63) is 24.3 Å². The highest BCUT2D eigenvalue weighted by Crippen LogP contribution is 2.16. The molecule has 1 rings (SSSR count). The second-order valence-corrected chi connectivity index (χ2v) is 3.78. The summed E-state index contributed by atoms with van der Waals surface area (Å²) in [5.41, 5.74) is 7.71. The lowest BCUT2D eigenvalue weighted by Gasteiger charge is -2.24. The van der Waals surface area contributed by atoms with E-state index in [1.165, 1.54) is 5.69 Å². The van der Waals surface area contributed by atoms with Crippen molar-refractivity contribution in [3.8, 4) is 0 Å². The molecule has 2 N–H and O–H groups in total. The Morgan fingerprint density at radius 1 is 1.12 bits per heavy atom. The minimum atomic E-state index is 0.779. The van der Waals surface area contributed by atoms with Crippen molar-refractivity contribution in [1.82, 2.24) is 0 Å². The Labute approximate surface area is 98.2 Å². The molecule has 3 nitrogen and oxygen atoms in total. The van der Waals surface area contributed by atoms with E-state index in [1.807, 2.05) is 19.1 Å². The Hall–Kier alpha value is -1.22. The van der Waals surface area contributed by atoms with Gasteiger partial charge in [-0.3, -0.25) is 0 Å². The van der Waals surface area contributed by atoms with E-state index >= 15 is 0 Å². The minimum absolute atomic E-state index is 0.779. The van der Waals surface area contributed by atoms with Gasteiger partial charge in [0, 0.05) is 31.1 Å². The van der Waals surface area contributed by atoms with Gasteiger partial charge in [0.25, 0.3) is 0 Å². The van der Waals surface area contributed by atoms with Gasteiger partial charge >= 0.3 is 0 Å². The molecule has 0 bridgehead atoms. The summed E-state index contributed by atoms with van der Waals surface area (Å²) in [6.07, 6.45) is 1.14. The molecule has 16 heavy (non-hydrogen) atoms. The summed E-state index contributed by atoms with van der Waals surface area (Å²) in [6, 6.07) is 8.02.